The Morgan fingerprint density at radius 1 is 1.29 bits per heavy atom. The van der Waals surface area contributed by atoms with Gasteiger partial charge in [-0.25, -0.2) is 4.79 Å². The molecular formula is C17H17Cl2NO4. The van der Waals surface area contributed by atoms with Gasteiger partial charge in [-0.3, -0.25) is 4.79 Å². The van der Waals surface area contributed by atoms with Crippen LogP contribution in [-0.2, 0) is 20.9 Å². The first-order chi connectivity index (χ1) is 11.1. The average molecular weight is 370 g/mol. The molecule has 24 heavy (non-hydrogen) atoms. The number of aromatic nitrogens is 1. The maximum Gasteiger partial charge on any atom is 0.328 e. The van der Waals surface area contributed by atoms with E-state index in [-0.39, 0.29) is 6.54 Å². The molecule has 0 saturated heterocycles. The molecule has 0 bridgehead atoms. The zero-order chi connectivity index (χ0) is 18.1. The van der Waals surface area contributed by atoms with E-state index in [4.69, 9.17) is 33.0 Å². The van der Waals surface area contributed by atoms with Gasteiger partial charge < -0.3 is 14.4 Å². The number of carbonyl (C=O) groups is 2. The van der Waals surface area contributed by atoms with Crippen molar-refractivity contribution in [3.8, 4) is 0 Å². The van der Waals surface area contributed by atoms with Crippen molar-refractivity contribution in [2.24, 2.45) is 0 Å². The third kappa shape index (κ3) is 4.30. The van der Waals surface area contributed by atoms with E-state index in [1.165, 1.54) is 6.08 Å². The van der Waals surface area contributed by atoms with Crippen LogP contribution in [0, 0.1) is 0 Å². The predicted octanol–water partition coefficient (Wildman–Crippen LogP) is 4.39. The standard InChI is InChI=1S/C17H17Cl2NO4/c1-17(2,3)24-14(23)9-20-11(5-7-13(21)22)8-10-4-6-12(18)15(19)16(10)20/h4-8H,9H2,1-3H3,(H,21,22)/b7-5+. The minimum absolute atomic E-state index is 0.111. The molecule has 1 N–H and O–H groups in total. The average Bonchev–Trinajstić information content (AvgIpc) is 2.77. The van der Waals surface area contributed by atoms with E-state index >= 15 is 0 Å². The summed E-state index contributed by atoms with van der Waals surface area (Å²) in [6.07, 6.45) is 2.40. The van der Waals surface area contributed by atoms with Crippen LogP contribution < -0.4 is 0 Å². The lowest BCUT2D eigenvalue weighted by Crippen LogP contribution is -2.26. The SMILES string of the molecule is CC(C)(C)OC(=O)Cn1c(/C=C/C(=O)O)cc2ccc(Cl)c(Cl)c21. The van der Waals surface area contributed by atoms with Gasteiger partial charge in [-0.2, -0.15) is 0 Å². The third-order valence-electron chi connectivity index (χ3n) is 3.09. The highest BCUT2D eigenvalue weighted by atomic mass is 35.5. The summed E-state index contributed by atoms with van der Waals surface area (Å²) in [6, 6.07) is 5.14. The van der Waals surface area contributed by atoms with E-state index in [1.54, 1.807) is 43.5 Å². The molecule has 0 radical (unpaired) electrons. The fourth-order valence-electron chi connectivity index (χ4n) is 2.28. The van der Waals surface area contributed by atoms with Crippen LogP contribution in [0.2, 0.25) is 10.0 Å². The van der Waals surface area contributed by atoms with Crippen molar-refractivity contribution < 1.29 is 19.4 Å². The van der Waals surface area contributed by atoms with Crippen molar-refractivity contribution in [3.63, 3.8) is 0 Å². The predicted molar refractivity (Wildman–Crippen MR) is 94.5 cm³/mol. The second-order valence-electron chi connectivity index (χ2n) is 6.21. The van der Waals surface area contributed by atoms with Gasteiger partial charge in [-0.05, 0) is 39.0 Å². The molecule has 0 unspecified atom stereocenters. The highest BCUT2D eigenvalue weighted by Gasteiger charge is 2.20. The van der Waals surface area contributed by atoms with E-state index in [9.17, 15) is 9.59 Å². The summed E-state index contributed by atoms with van der Waals surface area (Å²) in [6.45, 7) is 5.20. The number of hydrogen-bond donors (Lipinski definition) is 1. The smallest absolute Gasteiger partial charge is 0.328 e. The van der Waals surface area contributed by atoms with Crippen LogP contribution in [0.4, 0.5) is 0 Å². The highest BCUT2D eigenvalue weighted by Crippen LogP contribution is 2.33. The third-order valence-corrected chi connectivity index (χ3v) is 3.88. The van der Waals surface area contributed by atoms with E-state index < -0.39 is 17.5 Å². The van der Waals surface area contributed by atoms with Crippen LogP contribution in [0.5, 0.6) is 0 Å². The van der Waals surface area contributed by atoms with Gasteiger partial charge in [0.1, 0.15) is 12.1 Å². The fraction of sp³-hybridized carbons (Fsp3) is 0.294. The first-order valence-electron chi connectivity index (χ1n) is 7.18. The Labute approximate surface area is 149 Å². The molecule has 2 rings (SSSR count). The molecule has 0 amide bonds. The van der Waals surface area contributed by atoms with Crippen molar-refractivity contribution in [1.29, 1.82) is 0 Å². The number of carboxylic acids is 1. The number of esters is 1. The molecule has 0 saturated carbocycles. The number of aliphatic carboxylic acids is 1. The molecule has 0 aliphatic carbocycles. The van der Waals surface area contributed by atoms with Crippen LogP contribution >= 0.6 is 23.2 Å². The number of carboxylic acid groups (broad SMARTS) is 1. The second kappa shape index (κ2) is 6.87. The number of benzene rings is 1. The van der Waals surface area contributed by atoms with Gasteiger partial charge in [-0.1, -0.05) is 29.3 Å². The number of rotatable bonds is 4. The fourth-order valence-corrected chi connectivity index (χ4v) is 2.71. The van der Waals surface area contributed by atoms with Gasteiger partial charge >= 0.3 is 11.9 Å². The molecule has 1 aromatic heterocycles. The maximum absolute atomic E-state index is 12.2. The molecular weight excluding hydrogens is 353 g/mol. The lowest BCUT2D eigenvalue weighted by molar-refractivity contribution is -0.155. The van der Waals surface area contributed by atoms with Crippen LogP contribution in [0.25, 0.3) is 17.0 Å². The van der Waals surface area contributed by atoms with Crippen LogP contribution in [-0.4, -0.2) is 27.2 Å². The molecule has 1 heterocycles. The molecule has 1 aromatic carbocycles. The Morgan fingerprint density at radius 3 is 2.54 bits per heavy atom. The summed E-state index contributed by atoms with van der Waals surface area (Å²) in [5.41, 5.74) is 0.445. The van der Waals surface area contributed by atoms with E-state index in [1.807, 2.05) is 0 Å². The van der Waals surface area contributed by atoms with Crippen LogP contribution in [0.3, 0.4) is 0 Å². The lowest BCUT2D eigenvalue weighted by Gasteiger charge is -2.20. The quantitative estimate of drug-likeness (QED) is 0.640. The monoisotopic (exact) mass is 369 g/mol. The van der Waals surface area contributed by atoms with Gasteiger partial charge in [0.05, 0.1) is 15.6 Å². The molecule has 0 aliphatic rings. The molecule has 0 fully saturated rings. The Morgan fingerprint density at radius 2 is 1.96 bits per heavy atom. The summed E-state index contributed by atoms with van der Waals surface area (Å²) >= 11 is 12.3. The van der Waals surface area contributed by atoms with Crippen molar-refractivity contribution >= 4 is 52.1 Å². The summed E-state index contributed by atoms with van der Waals surface area (Å²) in [4.78, 5) is 23.0. The van der Waals surface area contributed by atoms with Crippen molar-refractivity contribution in [1.82, 2.24) is 4.57 Å². The molecule has 7 heteroatoms. The largest absolute Gasteiger partial charge is 0.478 e. The maximum atomic E-state index is 12.2. The van der Waals surface area contributed by atoms with Gasteiger partial charge in [0, 0.05) is 17.2 Å². The number of halogens is 2. The van der Waals surface area contributed by atoms with E-state index in [2.05, 4.69) is 0 Å². The molecule has 0 aliphatic heterocycles. The van der Waals surface area contributed by atoms with Gasteiger partial charge in [-0.15, -0.1) is 0 Å². The summed E-state index contributed by atoms with van der Waals surface area (Å²) in [5, 5.41) is 10.2. The van der Waals surface area contributed by atoms with E-state index in [0.717, 1.165) is 11.5 Å². The van der Waals surface area contributed by atoms with Crippen molar-refractivity contribution in [2.75, 3.05) is 0 Å². The van der Waals surface area contributed by atoms with Crippen molar-refractivity contribution in [3.05, 3.63) is 40.0 Å². The van der Waals surface area contributed by atoms with Gasteiger partial charge in [0.15, 0.2) is 0 Å². The Hall–Kier alpha value is -1.98. The molecule has 0 atom stereocenters. The number of carbonyl (C=O) groups excluding carboxylic acids is 1. The lowest BCUT2D eigenvalue weighted by atomic mass is 10.2. The number of nitrogens with zero attached hydrogens (tertiary/aromatic N) is 1. The van der Waals surface area contributed by atoms with E-state index in [0.29, 0.717) is 21.3 Å². The topological polar surface area (TPSA) is 68.5 Å². The number of ether oxygens (including phenoxy) is 1. The molecule has 0 spiro atoms. The minimum Gasteiger partial charge on any atom is -0.478 e. The normalized spacial score (nSPS) is 12.0. The number of hydrogen-bond acceptors (Lipinski definition) is 3. The minimum atomic E-state index is -1.09. The first-order valence-corrected chi connectivity index (χ1v) is 7.94. The zero-order valence-corrected chi connectivity index (χ0v) is 15.0. The highest BCUT2D eigenvalue weighted by molar-refractivity contribution is 6.45. The van der Waals surface area contributed by atoms with Crippen molar-refractivity contribution in [2.45, 2.75) is 32.9 Å². The first kappa shape index (κ1) is 18.4. The Balaban J connectivity index is 2.54. The van der Waals surface area contributed by atoms with Gasteiger partial charge in [0.2, 0.25) is 0 Å². The summed E-state index contributed by atoms with van der Waals surface area (Å²) < 4.78 is 6.93. The Kier molecular flexibility index (Phi) is 5.26. The summed E-state index contributed by atoms with van der Waals surface area (Å²) in [7, 11) is 0. The number of fused-ring (bicyclic) bond motifs is 1. The zero-order valence-electron chi connectivity index (χ0n) is 13.5. The molecule has 2 aromatic rings. The summed E-state index contributed by atoms with van der Waals surface area (Å²) in [5.74, 6) is -1.55. The molecule has 128 valence electrons. The Bertz CT molecular complexity index is 831. The second-order valence-corrected chi connectivity index (χ2v) is 7.00. The van der Waals surface area contributed by atoms with Gasteiger partial charge in [0.25, 0.3) is 0 Å². The van der Waals surface area contributed by atoms with Crippen LogP contribution in [0.15, 0.2) is 24.3 Å². The molecule has 5 nitrogen and oxygen atoms in total. The van der Waals surface area contributed by atoms with Crippen LogP contribution in [0.1, 0.15) is 26.5 Å².